The lowest BCUT2D eigenvalue weighted by Gasteiger charge is -2.37. The summed E-state index contributed by atoms with van der Waals surface area (Å²) in [7, 11) is -5.14. The van der Waals surface area contributed by atoms with Crippen molar-refractivity contribution in [2.24, 2.45) is 0 Å². The summed E-state index contributed by atoms with van der Waals surface area (Å²) in [4.78, 5) is 13.9. The van der Waals surface area contributed by atoms with E-state index in [2.05, 4.69) is 0 Å². The molecule has 0 aromatic rings. The van der Waals surface area contributed by atoms with E-state index in [1.54, 1.807) is 0 Å². The smallest absolute Gasteiger partial charge is 0.299 e. The predicted octanol–water partition coefficient (Wildman–Crippen LogP) is 3.69. The lowest BCUT2D eigenvalue weighted by Crippen LogP contribution is -2.52. The Morgan fingerprint density at radius 3 is 0.824 bits per heavy atom. The molecule has 0 atom stereocenters. The van der Waals surface area contributed by atoms with Crippen LogP contribution in [-0.2, 0) is 4.57 Å². The van der Waals surface area contributed by atoms with Gasteiger partial charge in [0.15, 0.2) is 0 Å². The SMILES string of the molecule is Cl[C@H]1[C@H](Cl)[C@@H](Cl)[C@@H](Cl)[C@H](Cl)[C@H]1Cl.O=P(O)(O)F. The zero-order valence-corrected chi connectivity index (χ0v) is 13.3. The Balaban J connectivity index is 0.000000437. The van der Waals surface area contributed by atoms with Gasteiger partial charge in [-0.2, -0.15) is 0 Å². The van der Waals surface area contributed by atoms with Gasteiger partial charge in [-0.1, -0.05) is 0 Å². The first kappa shape index (κ1) is 18.8. The summed E-state index contributed by atoms with van der Waals surface area (Å²) >= 11 is 35.3. The van der Waals surface area contributed by atoms with Crippen LogP contribution < -0.4 is 0 Å². The van der Waals surface area contributed by atoms with E-state index in [9.17, 15) is 4.20 Å². The van der Waals surface area contributed by atoms with Crippen LogP contribution >= 0.6 is 77.5 Å². The normalized spacial score (nSPS) is 42.6. The van der Waals surface area contributed by atoms with E-state index < -0.39 is 40.2 Å². The number of hydrogen-bond acceptors (Lipinski definition) is 1. The van der Waals surface area contributed by atoms with E-state index in [-0.39, 0.29) is 0 Å². The van der Waals surface area contributed by atoms with Crippen LogP contribution in [0.5, 0.6) is 0 Å². The van der Waals surface area contributed by atoms with E-state index in [1.807, 2.05) is 0 Å². The van der Waals surface area contributed by atoms with Gasteiger partial charge in [-0.25, -0.2) is 4.57 Å². The van der Waals surface area contributed by atoms with Crippen LogP contribution in [0.1, 0.15) is 0 Å². The molecule has 0 unspecified atom stereocenters. The lowest BCUT2D eigenvalue weighted by atomic mass is 9.97. The highest BCUT2D eigenvalue weighted by atomic mass is 35.5. The van der Waals surface area contributed by atoms with Crippen molar-refractivity contribution < 1.29 is 18.5 Å². The molecule has 104 valence electrons. The average Bonchev–Trinajstić information content (AvgIpc) is 2.18. The Morgan fingerprint density at radius 2 is 0.765 bits per heavy atom. The number of hydrogen-bond donors (Lipinski definition) is 2. The molecule has 0 aromatic carbocycles. The van der Waals surface area contributed by atoms with Crippen molar-refractivity contribution in [3.05, 3.63) is 0 Å². The summed E-state index contributed by atoms with van der Waals surface area (Å²) in [6.45, 7) is 0. The largest absolute Gasteiger partial charge is 0.507 e. The fourth-order valence-corrected chi connectivity index (χ4v) is 3.38. The van der Waals surface area contributed by atoms with Crippen molar-refractivity contribution >= 4 is 77.5 Å². The van der Waals surface area contributed by atoms with Crippen molar-refractivity contribution in [1.82, 2.24) is 0 Å². The molecule has 0 amide bonds. The van der Waals surface area contributed by atoms with Gasteiger partial charge in [0, 0.05) is 0 Å². The third-order valence-electron chi connectivity index (χ3n) is 1.83. The fourth-order valence-electron chi connectivity index (χ4n) is 1.05. The molecule has 11 heteroatoms. The van der Waals surface area contributed by atoms with Crippen molar-refractivity contribution in [3.63, 3.8) is 0 Å². The molecule has 0 saturated heterocycles. The van der Waals surface area contributed by atoms with Crippen LogP contribution in [0, 0.1) is 0 Å². The molecule has 1 fully saturated rings. The zero-order chi connectivity index (χ0) is 14.0. The molecule has 0 aliphatic heterocycles. The Labute approximate surface area is 128 Å². The van der Waals surface area contributed by atoms with Gasteiger partial charge < -0.3 is 0 Å². The van der Waals surface area contributed by atoms with Crippen LogP contribution in [0.3, 0.4) is 0 Å². The second kappa shape index (κ2) is 7.56. The second-order valence-corrected chi connectivity index (χ2v) is 7.11. The average molecular weight is 391 g/mol. The minimum absolute atomic E-state index is 0.437. The van der Waals surface area contributed by atoms with Crippen molar-refractivity contribution in [1.29, 1.82) is 0 Å². The van der Waals surface area contributed by atoms with Gasteiger partial charge in [-0.3, -0.25) is 9.79 Å². The van der Waals surface area contributed by atoms with Gasteiger partial charge in [0.25, 0.3) is 0 Å². The van der Waals surface area contributed by atoms with Crippen LogP contribution in [-0.4, -0.2) is 42.0 Å². The topological polar surface area (TPSA) is 57.5 Å². The highest BCUT2D eigenvalue weighted by Crippen LogP contribution is 2.39. The van der Waals surface area contributed by atoms with E-state index in [4.69, 9.17) is 84.0 Å². The minimum atomic E-state index is -5.14. The molecule has 17 heavy (non-hydrogen) atoms. The molecule has 0 spiro atoms. The Hall–Kier alpha value is 1.82. The molecular formula is C6H8Cl6FO3P. The number of rotatable bonds is 0. The van der Waals surface area contributed by atoms with Crippen molar-refractivity contribution in [2.75, 3.05) is 0 Å². The lowest BCUT2D eigenvalue weighted by molar-refractivity contribution is 0.322. The zero-order valence-electron chi connectivity index (χ0n) is 7.86. The second-order valence-electron chi connectivity index (χ2n) is 3.14. The summed E-state index contributed by atoms with van der Waals surface area (Å²) in [5.41, 5.74) is 0. The van der Waals surface area contributed by atoms with Crippen LogP contribution in [0.2, 0.25) is 0 Å². The predicted molar refractivity (Wildman–Crippen MR) is 71.0 cm³/mol. The molecule has 1 saturated carbocycles. The van der Waals surface area contributed by atoms with E-state index in [0.717, 1.165) is 0 Å². The molecule has 1 rings (SSSR count). The summed E-state index contributed by atoms with van der Waals surface area (Å²) in [6, 6.07) is 0. The van der Waals surface area contributed by atoms with E-state index in [1.165, 1.54) is 0 Å². The summed E-state index contributed by atoms with van der Waals surface area (Å²) < 4.78 is 19.0. The van der Waals surface area contributed by atoms with Crippen molar-refractivity contribution in [2.45, 2.75) is 32.3 Å². The Bertz CT molecular complexity index is 224. The quantitative estimate of drug-likeness (QED) is 0.490. The molecule has 3 nitrogen and oxygen atoms in total. The third-order valence-corrected chi connectivity index (χ3v) is 5.86. The Morgan fingerprint density at radius 1 is 0.706 bits per heavy atom. The van der Waals surface area contributed by atoms with E-state index in [0.29, 0.717) is 0 Å². The maximum absolute atomic E-state index is 10.4. The molecule has 1 aliphatic rings. The van der Waals surface area contributed by atoms with Gasteiger partial charge in [-0.05, 0) is 0 Å². The van der Waals surface area contributed by atoms with Gasteiger partial charge in [0.2, 0.25) is 0 Å². The van der Waals surface area contributed by atoms with Crippen LogP contribution in [0.25, 0.3) is 0 Å². The maximum Gasteiger partial charge on any atom is 0.507 e. The maximum atomic E-state index is 10.4. The Kier molecular flexibility index (Phi) is 8.37. The molecule has 0 bridgehead atoms. The summed E-state index contributed by atoms with van der Waals surface area (Å²) in [6.07, 6.45) is 0. The van der Waals surface area contributed by atoms with E-state index >= 15 is 0 Å². The van der Waals surface area contributed by atoms with Gasteiger partial charge >= 0.3 is 7.91 Å². The summed E-state index contributed by atoms with van der Waals surface area (Å²) in [5.74, 6) is 0. The summed E-state index contributed by atoms with van der Waals surface area (Å²) in [5, 5.41) is -2.62. The van der Waals surface area contributed by atoms with Crippen molar-refractivity contribution in [3.8, 4) is 0 Å². The van der Waals surface area contributed by atoms with Crippen LogP contribution in [0.4, 0.5) is 4.20 Å². The fraction of sp³-hybridized carbons (Fsp3) is 1.00. The standard InChI is InChI=1S/C6H6Cl6.FH2O3P/c7-1-2(8)4(10)6(12)5(11)3(1)9;1-5(2,3)4/h1-6H;(H2,2,3,4)/t1-,2-,3-,4+,5+,6+;. The molecule has 2 N–H and O–H groups in total. The molecule has 0 radical (unpaired) electrons. The minimum Gasteiger partial charge on any atom is -0.299 e. The first-order valence-electron chi connectivity index (χ1n) is 4.06. The van der Waals surface area contributed by atoms with Gasteiger partial charge in [0.1, 0.15) is 0 Å². The first-order valence-corrected chi connectivity index (χ1v) is 8.18. The molecule has 1 aliphatic carbocycles. The monoisotopic (exact) mass is 388 g/mol. The number of halogens is 7. The number of alkyl halides is 6. The molecule has 0 heterocycles. The van der Waals surface area contributed by atoms with Gasteiger partial charge in [0.05, 0.1) is 32.3 Å². The highest BCUT2D eigenvalue weighted by Gasteiger charge is 2.46. The van der Waals surface area contributed by atoms with Crippen LogP contribution in [0.15, 0.2) is 0 Å². The first-order chi connectivity index (χ1) is 7.46. The highest BCUT2D eigenvalue weighted by molar-refractivity contribution is 7.45. The molecular weight excluding hydrogens is 383 g/mol. The third kappa shape index (κ3) is 6.69. The molecule has 0 aromatic heterocycles. The van der Waals surface area contributed by atoms with Gasteiger partial charge in [-0.15, -0.1) is 73.8 Å².